The number of carbonyl (C=O) groups is 1. The van der Waals surface area contributed by atoms with E-state index in [1.165, 1.54) is 12.1 Å². The predicted molar refractivity (Wildman–Crippen MR) is 48.4 cm³/mol. The van der Waals surface area contributed by atoms with E-state index in [1.54, 1.807) is 0 Å². The zero-order chi connectivity index (χ0) is 11.0. The first-order valence-corrected chi connectivity index (χ1v) is 4.01. The zero-order valence-corrected chi connectivity index (χ0v) is 7.35. The third-order valence-electron chi connectivity index (χ3n) is 1.91. The van der Waals surface area contributed by atoms with Gasteiger partial charge in [-0.25, -0.2) is 14.2 Å². The standard InChI is InChI=1S/C9H5FN2O3/c10-6-2-1-3-7-11-4-5(9(14)15)8(13)12(6)7/h1-4H,(H,14,15). The van der Waals surface area contributed by atoms with E-state index in [0.29, 0.717) is 4.40 Å². The molecule has 0 atom stereocenters. The van der Waals surface area contributed by atoms with Crippen LogP contribution in [0.5, 0.6) is 0 Å². The lowest BCUT2D eigenvalue weighted by atomic mass is 10.3. The fourth-order valence-corrected chi connectivity index (χ4v) is 1.23. The predicted octanol–water partition coefficient (Wildman–Crippen LogP) is 0.532. The SMILES string of the molecule is O=C(O)c1cnc2cccc(F)n2c1=O. The Labute approximate surface area is 82.4 Å². The highest BCUT2D eigenvalue weighted by molar-refractivity contribution is 5.86. The van der Waals surface area contributed by atoms with Crippen molar-refractivity contribution in [1.82, 2.24) is 9.38 Å². The fourth-order valence-electron chi connectivity index (χ4n) is 1.23. The first-order valence-electron chi connectivity index (χ1n) is 4.01. The monoisotopic (exact) mass is 208 g/mol. The van der Waals surface area contributed by atoms with Crippen molar-refractivity contribution < 1.29 is 14.3 Å². The number of hydrogen-bond donors (Lipinski definition) is 1. The molecular formula is C9H5FN2O3. The van der Waals surface area contributed by atoms with Gasteiger partial charge in [0.2, 0.25) is 5.95 Å². The molecule has 0 spiro atoms. The molecule has 0 unspecified atom stereocenters. The fraction of sp³-hybridized carbons (Fsp3) is 0. The van der Waals surface area contributed by atoms with Gasteiger partial charge in [0.05, 0.1) is 0 Å². The van der Waals surface area contributed by atoms with Gasteiger partial charge in [-0.1, -0.05) is 6.07 Å². The Hall–Kier alpha value is -2.24. The van der Waals surface area contributed by atoms with Crippen LogP contribution in [0, 0.1) is 5.95 Å². The van der Waals surface area contributed by atoms with Crippen LogP contribution in [0.2, 0.25) is 0 Å². The Kier molecular flexibility index (Phi) is 1.96. The van der Waals surface area contributed by atoms with Crippen molar-refractivity contribution in [2.45, 2.75) is 0 Å². The second kappa shape index (κ2) is 3.16. The summed E-state index contributed by atoms with van der Waals surface area (Å²) >= 11 is 0. The molecule has 6 heteroatoms. The lowest BCUT2D eigenvalue weighted by Crippen LogP contribution is -2.24. The van der Waals surface area contributed by atoms with Gasteiger partial charge in [-0.2, -0.15) is 4.39 Å². The minimum absolute atomic E-state index is 0.0741. The summed E-state index contributed by atoms with van der Waals surface area (Å²) in [5.74, 6) is -2.27. The molecule has 0 saturated carbocycles. The molecule has 2 rings (SSSR count). The lowest BCUT2D eigenvalue weighted by molar-refractivity contribution is 0.0694. The summed E-state index contributed by atoms with van der Waals surface area (Å²) in [5.41, 5.74) is -1.41. The Morgan fingerprint density at radius 1 is 1.47 bits per heavy atom. The quantitative estimate of drug-likeness (QED) is 0.694. The number of pyridine rings is 1. The number of aromatic carboxylic acids is 1. The number of hydrogen-bond acceptors (Lipinski definition) is 3. The summed E-state index contributed by atoms with van der Waals surface area (Å²) in [6.45, 7) is 0. The molecule has 0 aliphatic carbocycles. The number of carboxylic acids is 1. The summed E-state index contributed by atoms with van der Waals surface area (Å²) in [4.78, 5) is 25.8. The highest BCUT2D eigenvalue weighted by Crippen LogP contribution is 2.01. The molecule has 0 amide bonds. The van der Waals surface area contributed by atoms with Gasteiger partial charge in [0.25, 0.3) is 5.56 Å². The second-order valence-corrected chi connectivity index (χ2v) is 2.82. The number of carboxylic acid groups (broad SMARTS) is 1. The van der Waals surface area contributed by atoms with Gasteiger partial charge in [-0.15, -0.1) is 0 Å². The van der Waals surface area contributed by atoms with Gasteiger partial charge < -0.3 is 5.11 Å². The average Bonchev–Trinajstić information content (AvgIpc) is 2.17. The first kappa shape index (κ1) is 9.32. The largest absolute Gasteiger partial charge is 0.477 e. The maximum Gasteiger partial charge on any atom is 0.342 e. The van der Waals surface area contributed by atoms with Crippen molar-refractivity contribution >= 4 is 11.6 Å². The van der Waals surface area contributed by atoms with Gasteiger partial charge >= 0.3 is 5.97 Å². The van der Waals surface area contributed by atoms with Crippen LogP contribution >= 0.6 is 0 Å². The van der Waals surface area contributed by atoms with Crippen LogP contribution in [0.15, 0.2) is 29.2 Å². The molecule has 0 aliphatic heterocycles. The van der Waals surface area contributed by atoms with Gasteiger partial charge in [0.15, 0.2) is 0 Å². The molecule has 76 valence electrons. The van der Waals surface area contributed by atoms with Crippen LogP contribution in [0.4, 0.5) is 4.39 Å². The molecule has 2 aromatic heterocycles. The van der Waals surface area contributed by atoms with Crippen LogP contribution in [0.3, 0.4) is 0 Å². The van der Waals surface area contributed by atoms with Crippen LogP contribution in [0.1, 0.15) is 10.4 Å². The Morgan fingerprint density at radius 3 is 2.87 bits per heavy atom. The highest BCUT2D eigenvalue weighted by Gasteiger charge is 2.13. The molecule has 2 aromatic rings. The minimum atomic E-state index is -1.43. The molecule has 0 bridgehead atoms. The zero-order valence-electron chi connectivity index (χ0n) is 7.35. The first-order chi connectivity index (χ1) is 7.11. The number of halogens is 1. The van der Waals surface area contributed by atoms with Crippen molar-refractivity contribution in [3.63, 3.8) is 0 Å². The second-order valence-electron chi connectivity index (χ2n) is 2.82. The van der Waals surface area contributed by atoms with Crippen molar-refractivity contribution in [3.05, 3.63) is 46.3 Å². The van der Waals surface area contributed by atoms with Crippen LogP contribution in [0.25, 0.3) is 5.65 Å². The molecule has 5 nitrogen and oxygen atoms in total. The molecule has 15 heavy (non-hydrogen) atoms. The molecule has 0 aliphatic rings. The normalized spacial score (nSPS) is 10.5. The van der Waals surface area contributed by atoms with Crippen LogP contribution in [-0.2, 0) is 0 Å². The molecule has 0 aromatic carbocycles. The molecule has 2 heterocycles. The number of nitrogens with zero attached hydrogens (tertiary/aromatic N) is 2. The molecule has 0 fully saturated rings. The van der Waals surface area contributed by atoms with Crippen molar-refractivity contribution in [2.75, 3.05) is 0 Å². The van der Waals surface area contributed by atoms with Crippen molar-refractivity contribution in [3.8, 4) is 0 Å². The smallest absolute Gasteiger partial charge is 0.342 e. The maximum absolute atomic E-state index is 13.2. The van der Waals surface area contributed by atoms with Gasteiger partial charge in [-0.3, -0.25) is 4.79 Å². The van der Waals surface area contributed by atoms with Crippen molar-refractivity contribution in [1.29, 1.82) is 0 Å². The molecule has 1 N–H and O–H groups in total. The average molecular weight is 208 g/mol. The molecular weight excluding hydrogens is 203 g/mol. The summed E-state index contributed by atoms with van der Waals surface area (Å²) < 4.78 is 13.8. The minimum Gasteiger partial charge on any atom is -0.477 e. The molecule has 0 radical (unpaired) electrons. The van der Waals surface area contributed by atoms with E-state index in [9.17, 15) is 14.0 Å². The number of rotatable bonds is 1. The third-order valence-corrected chi connectivity index (χ3v) is 1.91. The summed E-state index contributed by atoms with van der Waals surface area (Å²) in [7, 11) is 0. The van der Waals surface area contributed by atoms with Crippen LogP contribution in [-0.4, -0.2) is 20.5 Å². The lowest BCUT2D eigenvalue weighted by Gasteiger charge is -2.01. The van der Waals surface area contributed by atoms with Gasteiger partial charge in [0, 0.05) is 6.20 Å². The topological polar surface area (TPSA) is 71.7 Å². The molecule has 0 saturated heterocycles. The third kappa shape index (κ3) is 1.35. The van der Waals surface area contributed by atoms with E-state index in [-0.39, 0.29) is 5.65 Å². The van der Waals surface area contributed by atoms with Gasteiger partial charge in [0.1, 0.15) is 11.2 Å². The van der Waals surface area contributed by atoms with Crippen molar-refractivity contribution in [2.24, 2.45) is 0 Å². The van der Waals surface area contributed by atoms with Gasteiger partial charge in [-0.05, 0) is 12.1 Å². The summed E-state index contributed by atoms with van der Waals surface area (Å²) in [6, 6.07) is 3.86. The van der Waals surface area contributed by atoms with E-state index < -0.39 is 23.0 Å². The Bertz CT molecular complexity index is 606. The summed E-state index contributed by atoms with van der Waals surface area (Å²) in [6.07, 6.45) is 0.916. The Morgan fingerprint density at radius 2 is 2.20 bits per heavy atom. The Balaban J connectivity index is 2.96. The van der Waals surface area contributed by atoms with E-state index >= 15 is 0 Å². The van der Waals surface area contributed by atoms with E-state index in [1.807, 2.05) is 0 Å². The maximum atomic E-state index is 13.2. The number of fused-ring (bicyclic) bond motifs is 1. The van der Waals surface area contributed by atoms with E-state index in [2.05, 4.69) is 4.98 Å². The van der Waals surface area contributed by atoms with E-state index in [0.717, 1.165) is 12.3 Å². The van der Waals surface area contributed by atoms with Crippen LogP contribution < -0.4 is 5.56 Å². The highest BCUT2D eigenvalue weighted by atomic mass is 19.1. The number of aromatic nitrogens is 2. The van der Waals surface area contributed by atoms with E-state index in [4.69, 9.17) is 5.11 Å². The summed E-state index contributed by atoms with van der Waals surface area (Å²) in [5, 5.41) is 8.64.